The highest BCUT2D eigenvalue weighted by Gasteiger charge is 2.67. The molecule has 1 unspecified atom stereocenters. The Hall–Kier alpha value is -1.07. The molecule has 1 aliphatic rings. The lowest BCUT2D eigenvalue weighted by Crippen LogP contribution is -2.39. The Morgan fingerprint density at radius 3 is 2.31 bits per heavy atom. The fraction of sp³-hybridized carbons (Fsp3) is 0.364. The molecule has 2 amide bonds. The molecular formula is C22H18Cl5F3N2O3S. The number of hydrogen-bond acceptors (Lipinski definition) is 3. The van der Waals surface area contributed by atoms with E-state index in [0.717, 1.165) is 0 Å². The van der Waals surface area contributed by atoms with Crippen molar-refractivity contribution in [3.8, 4) is 0 Å². The molecule has 1 saturated carbocycles. The van der Waals surface area contributed by atoms with Gasteiger partial charge in [-0.15, -0.1) is 23.2 Å². The van der Waals surface area contributed by atoms with Gasteiger partial charge in [0.25, 0.3) is 5.91 Å². The number of carbonyl (C=O) groups is 2. The highest BCUT2D eigenvalue weighted by atomic mass is 35.5. The number of amides is 2. The van der Waals surface area contributed by atoms with E-state index in [0.29, 0.717) is 15.6 Å². The topological polar surface area (TPSA) is 81.3 Å². The van der Waals surface area contributed by atoms with Crippen LogP contribution in [0.25, 0.3) is 0 Å². The Kier molecular flexibility index (Phi) is 9.30. The molecule has 0 heterocycles. The normalized spacial score (nSPS) is 20.4. The summed E-state index contributed by atoms with van der Waals surface area (Å²) in [5.41, 5.74) is 0.757. The Bertz CT molecular complexity index is 1150. The zero-order valence-electron chi connectivity index (χ0n) is 18.3. The summed E-state index contributed by atoms with van der Waals surface area (Å²) in [6.07, 6.45) is -4.58. The van der Waals surface area contributed by atoms with E-state index < -0.39 is 62.9 Å². The fourth-order valence-electron chi connectivity index (χ4n) is 3.68. The van der Waals surface area contributed by atoms with Crippen LogP contribution in [-0.4, -0.2) is 44.4 Å². The monoisotopic (exact) mass is 622 g/mol. The number of anilines is 1. The highest BCUT2D eigenvalue weighted by Crippen LogP contribution is 2.65. The van der Waals surface area contributed by atoms with Crippen LogP contribution in [0.5, 0.6) is 0 Å². The zero-order valence-corrected chi connectivity index (χ0v) is 22.9. The van der Waals surface area contributed by atoms with Crippen LogP contribution in [0.4, 0.5) is 18.9 Å². The lowest BCUT2D eigenvalue weighted by atomic mass is 10.1. The number of benzene rings is 2. The Morgan fingerprint density at radius 1 is 1.11 bits per heavy atom. The van der Waals surface area contributed by atoms with Crippen LogP contribution in [0.1, 0.15) is 28.8 Å². The first kappa shape index (κ1) is 29.5. The maximum Gasteiger partial charge on any atom is 0.433 e. The van der Waals surface area contributed by atoms with E-state index >= 15 is 0 Å². The van der Waals surface area contributed by atoms with Crippen LogP contribution < -0.4 is 10.6 Å². The van der Waals surface area contributed by atoms with E-state index in [-0.39, 0.29) is 16.3 Å². The van der Waals surface area contributed by atoms with E-state index in [2.05, 4.69) is 10.6 Å². The highest BCUT2D eigenvalue weighted by molar-refractivity contribution is 7.91. The van der Waals surface area contributed by atoms with Crippen LogP contribution in [-0.2, 0) is 16.0 Å². The molecule has 4 atom stereocenters. The first-order valence-electron chi connectivity index (χ1n) is 10.3. The minimum Gasteiger partial charge on any atom is -0.616 e. The molecule has 196 valence electrons. The molecule has 2 aromatic carbocycles. The summed E-state index contributed by atoms with van der Waals surface area (Å²) >= 11 is 28.7. The molecule has 0 radical (unpaired) electrons. The molecule has 2 N–H and O–H groups in total. The Labute approximate surface area is 233 Å². The SMILES string of the molecule is C[C@H](C[S+]([O-])CC(F)(F)F)NC(=O)c1cc(NC(=O)[C@H]2[C@H](c3cc(Cl)cc(Cl)c3)C2(Cl)Cl)ccc1Cl. The molecule has 0 spiro atoms. The number of rotatable bonds is 8. The Balaban J connectivity index is 1.67. The number of nitrogens with one attached hydrogen (secondary N) is 2. The predicted octanol–water partition coefficient (Wildman–Crippen LogP) is 6.60. The first-order valence-corrected chi connectivity index (χ1v) is 13.6. The van der Waals surface area contributed by atoms with Crippen molar-refractivity contribution in [2.24, 2.45) is 5.92 Å². The van der Waals surface area contributed by atoms with Gasteiger partial charge < -0.3 is 15.2 Å². The predicted molar refractivity (Wildman–Crippen MR) is 138 cm³/mol. The molecule has 0 saturated heterocycles. The molecule has 0 aromatic heterocycles. The van der Waals surface area contributed by atoms with Gasteiger partial charge in [0.2, 0.25) is 11.7 Å². The summed E-state index contributed by atoms with van der Waals surface area (Å²) in [6.45, 7) is 1.42. The molecule has 1 aliphatic carbocycles. The number of carbonyl (C=O) groups excluding carboxylic acids is 2. The molecule has 5 nitrogen and oxygen atoms in total. The number of hydrogen-bond donors (Lipinski definition) is 2. The molecule has 3 rings (SSSR count). The van der Waals surface area contributed by atoms with Gasteiger partial charge >= 0.3 is 6.18 Å². The van der Waals surface area contributed by atoms with Gasteiger partial charge in [0.05, 0.1) is 22.5 Å². The second-order valence-corrected chi connectivity index (χ2v) is 12.5. The third kappa shape index (κ3) is 7.49. The van der Waals surface area contributed by atoms with Gasteiger partial charge in [-0.25, -0.2) is 0 Å². The van der Waals surface area contributed by atoms with Crippen LogP contribution in [0.3, 0.4) is 0 Å². The van der Waals surface area contributed by atoms with Crippen molar-refractivity contribution in [3.63, 3.8) is 0 Å². The van der Waals surface area contributed by atoms with Crippen molar-refractivity contribution in [3.05, 3.63) is 62.6 Å². The number of alkyl halides is 5. The largest absolute Gasteiger partial charge is 0.616 e. The lowest BCUT2D eigenvalue weighted by molar-refractivity contribution is -0.117. The van der Waals surface area contributed by atoms with Crippen molar-refractivity contribution in [1.29, 1.82) is 0 Å². The summed E-state index contributed by atoms with van der Waals surface area (Å²) < 4.78 is 47.4. The van der Waals surface area contributed by atoms with E-state index in [1.54, 1.807) is 12.1 Å². The molecule has 1 fully saturated rings. The first-order chi connectivity index (χ1) is 16.6. The third-order valence-electron chi connectivity index (χ3n) is 5.20. The standard InChI is InChI=1S/C22H18Cl5F3N2O3S/c1-10(8-36(35)9-21(28,29)30)31-19(33)15-7-14(2-3-16(15)25)32-20(34)18-17(22(18,26)27)11-4-12(23)6-13(24)5-11/h2-7,10,17-18H,8-9H2,1H3,(H,31,33)(H,32,34)/t10-,17+,18-,36?/m1/s1. The minimum atomic E-state index is -4.58. The Morgan fingerprint density at radius 2 is 1.72 bits per heavy atom. The summed E-state index contributed by atoms with van der Waals surface area (Å²) in [6, 6.07) is 8.04. The maximum atomic E-state index is 12.9. The average molecular weight is 625 g/mol. The molecule has 2 aromatic rings. The lowest BCUT2D eigenvalue weighted by Gasteiger charge is -2.18. The molecule has 0 bridgehead atoms. The van der Waals surface area contributed by atoms with Crippen LogP contribution in [0.15, 0.2) is 36.4 Å². The summed E-state index contributed by atoms with van der Waals surface area (Å²) in [7, 11) is 0. The molecular weight excluding hydrogens is 607 g/mol. The van der Waals surface area contributed by atoms with Crippen LogP contribution >= 0.6 is 58.0 Å². The van der Waals surface area contributed by atoms with Gasteiger partial charge in [0, 0.05) is 21.7 Å². The van der Waals surface area contributed by atoms with Gasteiger partial charge in [-0.1, -0.05) is 34.8 Å². The smallest absolute Gasteiger partial charge is 0.433 e. The van der Waals surface area contributed by atoms with E-state index in [1.165, 1.54) is 31.2 Å². The summed E-state index contributed by atoms with van der Waals surface area (Å²) in [5, 5.41) is 5.85. The van der Waals surface area contributed by atoms with Gasteiger partial charge in [0.1, 0.15) is 10.1 Å². The molecule has 14 heteroatoms. The molecule has 0 aliphatic heterocycles. The zero-order chi connectivity index (χ0) is 27.0. The van der Waals surface area contributed by atoms with Crippen molar-refractivity contribution in [2.45, 2.75) is 29.4 Å². The van der Waals surface area contributed by atoms with Gasteiger partial charge in [-0.2, -0.15) is 13.2 Å². The van der Waals surface area contributed by atoms with Crippen molar-refractivity contribution >= 4 is 86.7 Å². The molecule has 36 heavy (non-hydrogen) atoms. The second kappa shape index (κ2) is 11.4. The van der Waals surface area contributed by atoms with Crippen LogP contribution in [0, 0.1) is 5.92 Å². The summed E-state index contributed by atoms with van der Waals surface area (Å²) in [5.74, 6) is -4.52. The maximum absolute atomic E-state index is 12.9. The minimum absolute atomic E-state index is 0.0380. The van der Waals surface area contributed by atoms with E-state index in [4.69, 9.17) is 58.0 Å². The summed E-state index contributed by atoms with van der Waals surface area (Å²) in [4.78, 5) is 25.6. The van der Waals surface area contributed by atoms with E-state index in [9.17, 15) is 27.3 Å². The van der Waals surface area contributed by atoms with Crippen molar-refractivity contribution in [2.75, 3.05) is 16.8 Å². The second-order valence-electron chi connectivity index (χ2n) is 8.26. The quantitative estimate of drug-likeness (QED) is 0.257. The number of halogens is 8. The average Bonchev–Trinajstić information content (AvgIpc) is 3.29. The van der Waals surface area contributed by atoms with Crippen molar-refractivity contribution < 1.29 is 27.3 Å². The van der Waals surface area contributed by atoms with Gasteiger partial charge in [0.15, 0.2) is 0 Å². The van der Waals surface area contributed by atoms with Gasteiger partial charge in [-0.3, -0.25) is 9.59 Å². The third-order valence-corrected chi connectivity index (χ3v) is 8.42. The van der Waals surface area contributed by atoms with Crippen molar-refractivity contribution in [1.82, 2.24) is 5.32 Å². The fourth-order valence-corrected chi connectivity index (χ4v) is 6.38. The van der Waals surface area contributed by atoms with E-state index in [1.807, 2.05) is 0 Å². The van der Waals surface area contributed by atoms with Crippen LogP contribution in [0.2, 0.25) is 15.1 Å². The van der Waals surface area contributed by atoms with Gasteiger partial charge in [-0.05, 0) is 60.1 Å².